The Hall–Kier alpha value is -2.28. The zero-order chi connectivity index (χ0) is 19.5. The number of nitrogens with zero attached hydrogens (tertiary/aromatic N) is 1. The number of ketones is 1. The molecule has 0 spiro atoms. The van der Waals surface area contributed by atoms with Crippen molar-refractivity contribution in [2.45, 2.75) is 39.2 Å². The van der Waals surface area contributed by atoms with E-state index in [1.54, 1.807) is 25.7 Å². The smallest absolute Gasteiger partial charge is 0.288 e. The number of carbonyl (C=O) groups excluding carboxylic acids is 3. The van der Waals surface area contributed by atoms with E-state index >= 15 is 0 Å². The quantitative estimate of drug-likeness (QED) is 0.793. The summed E-state index contributed by atoms with van der Waals surface area (Å²) < 4.78 is 13.0. The van der Waals surface area contributed by atoms with E-state index in [9.17, 15) is 23.9 Å². The Bertz CT molecular complexity index is 686. The molecule has 1 aromatic carbocycles. The molecule has 0 radical (unpaired) electrons. The zero-order valence-corrected chi connectivity index (χ0v) is 15.3. The van der Waals surface area contributed by atoms with Crippen molar-refractivity contribution in [1.82, 2.24) is 10.2 Å². The van der Waals surface area contributed by atoms with Crippen molar-refractivity contribution >= 4 is 17.6 Å². The lowest BCUT2D eigenvalue weighted by atomic mass is 9.89. The van der Waals surface area contributed by atoms with Crippen molar-refractivity contribution in [3.63, 3.8) is 0 Å². The molecule has 1 heterocycles. The molecule has 26 heavy (non-hydrogen) atoms. The average Bonchev–Trinajstić information content (AvgIpc) is 2.59. The Morgan fingerprint density at radius 3 is 2.19 bits per heavy atom. The molecule has 0 unspecified atom stereocenters. The summed E-state index contributed by atoms with van der Waals surface area (Å²) in [5, 5.41) is 13.1. The van der Waals surface area contributed by atoms with E-state index in [-0.39, 0.29) is 25.3 Å². The van der Waals surface area contributed by atoms with E-state index in [4.69, 9.17) is 0 Å². The third-order valence-corrected chi connectivity index (χ3v) is 4.54. The Morgan fingerprint density at radius 1 is 1.15 bits per heavy atom. The third kappa shape index (κ3) is 4.88. The molecule has 1 aliphatic heterocycles. The summed E-state index contributed by atoms with van der Waals surface area (Å²) in [4.78, 5) is 37.8. The molecule has 1 aliphatic rings. The minimum atomic E-state index is -1.16. The van der Waals surface area contributed by atoms with Crippen LogP contribution in [0.4, 0.5) is 4.39 Å². The maximum absolute atomic E-state index is 13.0. The van der Waals surface area contributed by atoms with Gasteiger partial charge < -0.3 is 15.3 Å². The van der Waals surface area contributed by atoms with Gasteiger partial charge in [0.1, 0.15) is 5.82 Å². The highest BCUT2D eigenvalue weighted by molar-refractivity contribution is 6.37. The summed E-state index contributed by atoms with van der Waals surface area (Å²) in [5.41, 5.74) is -1.55. The van der Waals surface area contributed by atoms with E-state index in [2.05, 4.69) is 5.32 Å². The van der Waals surface area contributed by atoms with Crippen molar-refractivity contribution < 1.29 is 23.9 Å². The first-order valence-corrected chi connectivity index (χ1v) is 8.62. The van der Waals surface area contributed by atoms with Crippen LogP contribution in [0.1, 0.15) is 44.0 Å². The Kier molecular flexibility index (Phi) is 5.81. The van der Waals surface area contributed by atoms with Gasteiger partial charge in [-0.3, -0.25) is 14.4 Å². The van der Waals surface area contributed by atoms with Crippen LogP contribution in [-0.4, -0.2) is 52.8 Å². The number of halogens is 1. The normalized spacial score (nSPS) is 16.9. The highest BCUT2D eigenvalue weighted by atomic mass is 19.1. The maximum Gasteiger partial charge on any atom is 0.288 e. The summed E-state index contributed by atoms with van der Waals surface area (Å²) in [6, 6.07) is 5.32. The number of carbonyl (C=O) groups is 3. The number of likely N-dealkylation sites (tertiary alicyclic amines) is 1. The van der Waals surface area contributed by atoms with Gasteiger partial charge in [0, 0.05) is 30.6 Å². The first-order valence-electron chi connectivity index (χ1n) is 8.62. The van der Waals surface area contributed by atoms with E-state index in [1.165, 1.54) is 24.3 Å². The molecule has 0 aliphatic carbocycles. The van der Waals surface area contributed by atoms with E-state index in [0.717, 1.165) is 0 Å². The molecule has 0 bridgehead atoms. The third-order valence-electron chi connectivity index (χ3n) is 4.54. The highest BCUT2D eigenvalue weighted by Gasteiger charge is 2.36. The van der Waals surface area contributed by atoms with Gasteiger partial charge in [0.2, 0.25) is 5.78 Å². The van der Waals surface area contributed by atoms with Gasteiger partial charge in [-0.1, -0.05) is 20.8 Å². The van der Waals surface area contributed by atoms with Gasteiger partial charge in [0.05, 0.1) is 5.60 Å². The molecule has 2 N–H and O–H groups in total. The van der Waals surface area contributed by atoms with E-state index in [1.807, 2.05) is 0 Å². The van der Waals surface area contributed by atoms with Crippen LogP contribution in [-0.2, 0) is 9.59 Å². The molecule has 142 valence electrons. The molecule has 1 aromatic rings. The number of benzene rings is 1. The number of hydrogen-bond acceptors (Lipinski definition) is 4. The number of hydrogen-bond donors (Lipinski definition) is 2. The van der Waals surface area contributed by atoms with Crippen LogP contribution in [0, 0.1) is 11.2 Å². The Morgan fingerprint density at radius 2 is 1.69 bits per heavy atom. The van der Waals surface area contributed by atoms with Gasteiger partial charge in [-0.05, 0) is 37.1 Å². The minimum Gasteiger partial charge on any atom is -0.388 e. The van der Waals surface area contributed by atoms with Gasteiger partial charge in [0.15, 0.2) is 0 Å². The van der Waals surface area contributed by atoms with Crippen LogP contribution in [0.15, 0.2) is 24.3 Å². The largest absolute Gasteiger partial charge is 0.388 e. The number of nitrogens with one attached hydrogen (secondary N) is 1. The maximum atomic E-state index is 13.0. The first kappa shape index (κ1) is 20.0. The van der Waals surface area contributed by atoms with Crippen molar-refractivity contribution in [2.75, 3.05) is 19.6 Å². The molecule has 2 rings (SSSR count). The van der Waals surface area contributed by atoms with Gasteiger partial charge in [-0.2, -0.15) is 0 Å². The van der Waals surface area contributed by atoms with Crippen LogP contribution in [0.25, 0.3) is 0 Å². The molecular formula is C19H25FN2O4. The minimum absolute atomic E-state index is 0.0355. The number of amides is 2. The molecule has 0 atom stereocenters. The van der Waals surface area contributed by atoms with Gasteiger partial charge in [-0.25, -0.2) is 4.39 Å². The Labute approximate surface area is 152 Å². The standard InChI is InChI=1S/C19H25FN2O4/c1-18(2,3)15(23)16(24)21-12-19(26)8-10-22(11-9-19)17(25)13-4-6-14(20)7-5-13/h4-7,26H,8-12H2,1-3H3,(H,21,24). The number of Topliss-reactive ketones (excluding diaryl/α,β-unsaturated/α-hetero) is 1. The fourth-order valence-electron chi connectivity index (χ4n) is 2.74. The van der Waals surface area contributed by atoms with Gasteiger partial charge >= 0.3 is 0 Å². The molecule has 2 amide bonds. The summed E-state index contributed by atoms with van der Waals surface area (Å²) >= 11 is 0. The molecule has 6 nitrogen and oxygen atoms in total. The molecule has 7 heteroatoms. The molecular weight excluding hydrogens is 339 g/mol. The Balaban J connectivity index is 1.88. The summed E-state index contributed by atoms with van der Waals surface area (Å²) in [6.45, 7) is 5.56. The molecule has 1 fully saturated rings. The van der Waals surface area contributed by atoms with E-state index < -0.39 is 28.5 Å². The lowest BCUT2D eigenvalue weighted by molar-refractivity contribution is -0.143. The fourth-order valence-corrected chi connectivity index (χ4v) is 2.74. The summed E-state index contributed by atoms with van der Waals surface area (Å²) in [5.74, 6) is -1.88. The second kappa shape index (κ2) is 7.53. The van der Waals surface area contributed by atoms with Crippen molar-refractivity contribution in [1.29, 1.82) is 0 Å². The van der Waals surface area contributed by atoms with Crippen molar-refractivity contribution in [3.8, 4) is 0 Å². The molecule has 0 aromatic heterocycles. The van der Waals surface area contributed by atoms with Crippen LogP contribution in [0.2, 0.25) is 0 Å². The molecule has 0 saturated carbocycles. The fraction of sp³-hybridized carbons (Fsp3) is 0.526. The SMILES string of the molecule is CC(C)(C)C(=O)C(=O)NCC1(O)CCN(C(=O)c2ccc(F)cc2)CC1. The second-order valence-corrected chi connectivity index (χ2v) is 7.79. The number of piperidine rings is 1. The van der Waals surface area contributed by atoms with Gasteiger partial charge in [0.25, 0.3) is 11.8 Å². The number of aliphatic hydroxyl groups is 1. The summed E-state index contributed by atoms with van der Waals surface area (Å²) in [7, 11) is 0. The van der Waals surface area contributed by atoms with Crippen molar-refractivity contribution in [2.24, 2.45) is 5.41 Å². The first-order chi connectivity index (χ1) is 12.0. The summed E-state index contributed by atoms with van der Waals surface area (Å²) in [6.07, 6.45) is 0.563. The van der Waals surface area contributed by atoms with E-state index in [0.29, 0.717) is 18.7 Å². The molecule has 1 saturated heterocycles. The number of rotatable bonds is 4. The average molecular weight is 364 g/mol. The second-order valence-electron chi connectivity index (χ2n) is 7.79. The lowest BCUT2D eigenvalue weighted by Gasteiger charge is -2.38. The van der Waals surface area contributed by atoms with Crippen LogP contribution < -0.4 is 5.32 Å². The van der Waals surface area contributed by atoms with Crippen LogP contribution >= 0.6 is 0 Å². The zero-order valence-electron chi connectivity index (χ0n) is 15.3. The lowest BCUT2D eigenvalue weighted by Crippen LogP contribution is -2.53. The predicted octanol–water partition coefficient (Wildman–Crippen LogP) is 1.52. The van der Waals surface area contributed by atoms with Crippen LogP contribution in [0.5, 0.6) is 0 Å². The predicted molar refractivity (Wildman–Crippen MR) is 94.0 cm³/mol. The van der Waals surface area contributed by atoms with Crippen LogP contribution in [0.3, 0.4) is 0 Å². The highest BCUT2D eigenvalue weighted by Crippen LogP contribution is 2.23. The monoisotopic (exact) mass is 364 g/mol. The topological polar surface area (TPSA) is 86.7 Å². The van der Waals surface area contributed by atoms with Crippen molar-refractivity contribution in [3.05, 3.63) is 35.6 Å². The van der Waals surface area contributed by atoms with Gasteiger partial charge in [-0.15, -0.1) is 0 Å².